The summed E-state index contributed by atoms with van der Waals surface area (Å²) in [4.78, 5) is 0. The molecule has 0 saturated heterocycles. The lowest BCUT2D eigenvalue weighted by atomic mass is 10.0. The number of aromatic nitrogens is 2. The van der Waals surface area contributed by atoms with Gasteiger partial charge in [-0.2, -0.15) is 0 Å². The van der Waals surface area contributed by atoms with Gasteiger partial charge in [0, 0.05) is 65.6 Å². The third kappa shape index (κ3) is 5.68. The Balaban J connectivity index is 0.000000187. The van der Waals surface area contributed by atoms with E-state index in [2.05, 4.69) is 120 Å². The molecule has 2 aliphatic rings. The van der Waals surface area contributed by atoms with E-state index in [-0.39, 0.29) is 0 Å². The zero-order chi connectivity index (χ0) is 30.8. The average Bonchev–Trinajstić information content (AvgIpc) is 3.81. The fraction of sp³-hybridized carbons (Fsp3) is 0.300. The Labute approximate surface area is 254 Å². The van der Waals surface area contributed by atoms with Crippen molar-refractivity contribution in [1.29, 1.82) is 0 Å². The summed E-state index contributed by atoms with van der Waals surface area (Å²) >= 11 is 0. The Hall–Kier alpha value is -4.04. The lowest BCUT2D eigenvalue weighted by molar-refractivity contribution is 0.894. The SMILES string of the molecule is CC.CC.CC.CC.Cn1c2c(c3ccccc31)-c1ccccc1C2.Cn1c2c(c3ccccc31)Cc1ccccc1-2. The van der Waals surface area contributed by atoms with Crippen molar-refractivity contribution < 1.29 is 0 Å². The Bertz CT molecular complexity index is 1720. The van der Waals surface area contributed by atoms with Crippen molar-refractivity contribution in [2.45, 2.75) is 68.2 Å². The second-order valence-corrected chi connectivity index (χ2v) is 9.47. The summed E-state index contributed by atoms with van der Waals surface area (Å²) in [7, 11) is 4.34. The first kappa shape index (κ1) is 32.5. The van der Waals surface area contributed by atoms with Crippen molar-refractivity contribution in [1.82, 2.24) is 9.13 Å². The van der Waals surface area contributed by atoms with Crippen LogP contribution in [0.5, 0.6) is 0 Å². The van der Waals surface area contributed by atoms with Gasteiger partial charge in [0.15, 0.2) is 0 Å². The molecule has 6 aromatic rings. The lowest BCUT2D eigenvalue weighted by Gasteiger charge is -2.04. The average molecular weight is 559 g/mol. The van der Waals surface area contributed by atoms with Crippen LogP contribution in [-0.2, 0) is 26.9 Å². The van der Waals surface area contributed by atoms with Gasteiger partial charge < -0.3 is 9.13 Å². The number of hydrogen-bond acceptors (Lipinski definition) is 0. The fourth-order valence-corrected chi connectivity index (χ4v) is 6.14. The van der Waals surface area contributed by atoms with Gasteiger partial charge in [-0.3, -0.25) is 0 Å². The quantitative estimate of drug-likeness (QED) is 0.175. The van der Waals surface area contributed by atoms with E-state index in [9.17, 15) is 0 Å². The Morgan fingerprint density at radius 2 is 0.905 bits per heavy atom. The van der Waals surface area contributed by atoms with Crippen LogP contribution in [0, 0.1) is 0 Å². The van der Waals surface area contributed by atoms with E-state index in [1.54, 1.807) is 0 Å². The van der Waals surface area contributed by atoms with Gasteiger partial charge in [0.25, 0.3) is 0 Å². The molecule has 0 atom stereocenters. The molecule has 2 nitrogen and oxygen atoms in total. The van der Waals surface area contributed by atoms with Crippen LogP contribution in [0.15, 0.2) is 97.1 Å². The van der Waals surface area contributed by atoms with Crippen LogP contribution in [0.25, 0.3) is 44.2 Å². The first-order valence-electron chi connectivity index (χ1n) is 16.0. The molecule has 0 aliphatic heterocycles. The number of rotatable bonds is 0. The molecule has 0 saturated carbocycles. The molecule has 0 fully saturated rings. The number of fused-ring (bicyclic) bond motifs is 10. The number of para-hydroxylation sites is 2. The highest BCUT2D eigenvalue weighted by Gasteiger charge is 2.25. The topological polar surface area (TPSA) is 9.86 Å². The largest absolute Gasteiger partial charge is 0.347 e. The molecule has 0 bridgehead atoms. The van der Waals surface area contributed by atoms with Gasteiger partial charge in [-0.05, 0) is 34.4 Å². The van der Waals surface area contributed by atoms with Crippen LogP contribution in [0.3, 0.4) is 0 Å². The molecule has 8 rings (SSSR count). The maximum atomic E-state index is 2.34. The van der Waals surface area contributed by atoms with Crippen LogP contribution in [-0.4, -0.2) is 9.13 Å². The lowest BCUT2D eigenvalue weighted by Crippen LogP contribution is -1.94. The molecule has 0 unspecified atom stereocenters. The summed E-state index contributed by atoms with van der Waals surface area (Å²) in [5.74, 6) is 0. The predicted octanol–water partition coefficient (Wildman–Crippen LogP) is 11.6. The maximum Gasteiger partial charge on any atom is 0.0527 e. The summed E-state index contributed by atoms with van der Waals surface area (Å²) in [6, 6.07) is 34.9. The Morgan fingerprint density at radius 3 is 1.52 bits per heavy atom. The maximum absolute atomic E-state index is 2.34. The molecular weight excluding hydrogens is 508 g/mol. The second kappa shape index (κ2) is 15.3. The number of aryl methyl sites for hydroxylation is 2. The number of benzene rings is 4. The van der Waals surface area contributed by atoms with Gasteiger partial charge in [0.2, 0.25) is 0 Å². The van der Waals surface area contributed by atoms with Crippen LogP contribution in [0.2, 0.25) is 0 Å². The molecule has 0 N–H and O–H groups in total. The standard InChI is InChI=1S/2C16H13N.4C2H6/c1-17-15-9-5-4-8-13(15)14-10-11-6-2-3-7-12(11)16(14)17;1-17-14-9-5-4-8-13(14)16-12-7-3-2-6-11(12)10-15(16)17;4*1-2/h2*2-9H,10H2,1H3;4*1-2H3. The van der Waals surface area contributed by atoms with Crippen LogP contribution >= 0.6 is 0 Å². The van der Waals surface area contributed by atoms with Gasteiger partial charge in [-0.1, -0.05) is 140 Å². The van der Waals surface area contributed by atoms with Crippen LogP contribution in [0.1, 0.15) is 77.8 Å². The van der Waals surface area contributed by atoms with E-state index in [0.29, 0.717) is 0 Å². The van der Waals surface area contributed by atoms with Crippen molar-refractivity contribution in [3.8, 4) is 22.4 Å². The normalized spacial score (nSPS) is 10.9. The highest BCUT2D eigenvalue weighted by Crippen LogP contribution is 2.43. The zero-order valence-corrected chi connectivity index (χ0v) is 27.5. The third-order valence-electron chi connectivity index (χ3n) is 7.72. The van der Waals surface area contributed by atoms with Crippen LogP contribution in [0.4, 0.5) is 0 Å². The number of hydrogen-bond donors (Lipinski definition) is 0. The molecule has 2 aromatic heterocycles. The highest BCUT2D eigenvalue weighted by atomic mass is 15.0. The summed E-state index contributed by atoms with van der Waals surface area (Å²) in [6.45, 7) is 16.0. The fourth-order valence-electron chi connectivity index (χ4n) is 6.14. The predicted molar refractivity (Wildman–Crippen MR) is 188 cm³/mol. The third-order valence-corrected chi connectivity index (χ3v) is 7.72. The van der Waals surface area contributed by atoms with E-state index >= 15 is 0 Å². The Morgan fingerprint density at radius 1 is 0.452 bits per heavy atom. The van der Waals surface area contributed by atoms with E-state index in [1.165, 1.54) is 66.6 Å². The smallest absolute Gasteiger partial charge is 0.0527 e. The van der Waals surface area contributed by atoms with Gasteiger partial charge in [0.05, 0.1) is 5.69 Å². The van der Waals surface area contributed by atoms with E-state index in [0.717, 1.165) is 12.8 Å². The van der Waals surface area contributed by atoms with E-state index < -0.39 is 0 Å². The van der Waals surface area contributed by atoms with Gasteiger partial charge in [-0.25, -0.2) is 0 Å². The summed E-state index contributed by atoms with van der Waals surface area (Å²) in [5.41, 5.74) is 14.2. The molecule has 220 valence electrons. The summed E-state index contributed by atoms with van der Waals surface area (Å²) < 4.78 is 4.67. The second-order valence-electron chi connectivity index (χ2n) is 9.47. The Kier molecular flexibility index (Phi) is 11.8. The molecule has 42 heavy (non-hydrogen) atoms. The molecule has 4 aromatic carbocycles. The minimum atomic E-state index is 1.07. The molecule has 2 heterocycles. The van der Waals surface area contributed by atoms with Crippen LogP contribution < -0.4 is 0 Å². The van der Waals surface area contributed by atoms with Gasteiger partial charge >= 0.3 is 0 Å². The van der Waals surface area contributed by atoms with Crippen molar-refractivity contribution >= 4 is 21.8 Å². The highest BCUT2D eigenvalue weighted by molar-refractivity contribution is 6.01. The molecular formula is C40H50N2. The first-order chi connectivity index (χ1) is 20.7. The molecule has 0 radical (unpaired) electrons. The number of nitrogens with zero attached hydrogens (tertiary/aromatic N) is 2. The molecule has 2 heteroatoms. The van der Waals surface area contributed by atoms with E-state index in [1.807, 2.05) is 55.4 Å². The van der Waals surface area contributed by atoms with Crippen molar-refractivity contribution in [2.24, 2.45) is 14.1 Å². The van der Waals surface area contributed by atoms with Gasteiger partial charge in [-0.15, -0.1) is 0 Å². The summed E-state index contributed by atoms with van der Waals surface area (Å²) in [6.07, 6.45) is 2.14. The van der Waals surface area contributed by atoms with Gasteiger partial charge in [0.1, 0.15) is 0 Å². The van der Waals surface area contributed by atoms with Crippen molar-refractivity contribution in [3.63, 3.8) is 0 Å². The van der Waals surface area contributed by atoms with Crippen molar-refractivity contribution in [2.75, 3.05) is 0 Å². The molecule has 2 aliphatic carbocycles. The molecule has 0 amide bonds. The zero-order valence-electron chi connectivity index (χ0n) is 27.5. The first-order valence-corrected chi connectivity index (χ1v) is 16.0. The van der Waals surface area contributed by atoms with E-state index in [4.69, 9.17) is 0 Å². The molecule has 0 spiro atoms. The van der Waals surface area contributed by atoms with Crippen molar-refractivity contribution in [3.05, 3.63) is 119 Å². The minimum absolute atomic E-state index is 1.07. The minimum Gasteiger partial charge on any atom is -0.347 e. The monoisotopic (exact) mass is 558 g/mol. The summed E-state index contributed by atoms with van der Waals surface area (Å²) in [5, 5.41) is 2.79.